The van der Waals surface area contributed by atoms with E-state index in [2.05, 4.69) is 40.3 Å². The first-order valence-corrected chi connectivity index (χ1v) is 4.12. The topological polar surface area (TPSA) is 0 Å². The van der Waals surface area contributed by atoms with Crippen molar-refractivity contribution in [1.29, 1.82) is 0 Å². The standard InChI is InChI=1S/C10H20/c1-6-9(7-2)8-10(3,4)5/h6,9H,1,7-8H2,2-5H3. The van der Waals surface area contributed by atoms with E-state index in [0.29, 0.717) is 11.3 Å². The summed E-state index contributed by atoms with van der Waals surface area (Å²) in [4.78, 5) is 0. The van der Waals surface area contributed by atoms with Crippen molar-refractivity contribution >= 4 is 0 Å². The lowest BCUT2D eigenvalue weighted by molar-refractivity contribution is 0.321. The van der Waals surface area contributed by atoms with Crippen LogP contribution in [0.2, 0.25) is 0 Å². The van der Waals surface area contributed by atoms with Gasteiger partial charge in [0.05, 0.1) is 0 Å². The molecule has 0 nitrogen and oxygen atoms in total. The Hall–Kier alpha value is -0.260. The predicted molar refractivity (Wildman–Crippen MR) is 48.1 cm³/mol. The molecule has 0 saturated heterocycles. The van der Waals surface area contributed by atoms with Gasteiger partial charge in [0, 0.05) is 0 Å². The van der Waals surface area contributed by atoms with E-state index in [-0.39, 0.29) is 0 Å². The average Bonchev–Trinajstić information content (AvgIpc) is 1.81. The van der Waals surface area contributed by atoms with Crippen molar-refractivity contribution in [3.05, 3.63) is 12.7 Å². The zero-order valence-corrected chi connectivity index (χ0v) is 7.78. The van der Waals surface area contributed by atoms with Crippen LogP contribution in [0.25, 0.3) is 0 Å². The summed E-state index contributed by atoms with van der Waals surface area (Å²) in [6.07, 6.45) is 4.55. The Morgan fingerprint density at radius 2 is 1.90 bits per heavy atom. The zero-order valence-electron chi connectivity index (χ0n) is 7.78. The number of hydrogen-bond donors (Lipinski definition) is 0. The van der Waals surface area contributed by atoms with E-state index in [1.54, 1.807) is 0 Å². The second-order valence-corrected chi connectivity index (χ2v) is 4.17. The minimum atomic E-state index is 0.453. The highest BCUT2D eigenvalue weighted by Crippen LogP contribution is 2.26. The first-order chi connectivity index (χ1) is 4.49. The van der Waals surface area contributed by atoms with E-state index < -0.39 is 0 Å². The fraction of sp³-hybridized carbons (Fsp3) is 0.800. The fourth-order valence-corrected chi connectivity index (χ4v) is 1.18. The molecule has 0 amide bonds. The lowest BCUT2D eigenvalue weighted by Gasteiger charge is -2.22. The van der Waals surface area contributed by atoms with Crippen molar-refractivity contribution in [2.45, 2.75) is 40.5 Å². The highest BCUT2D eigenvalue weighted by Gasteiger charge is 2.14. The Bertz CT molecular complexity index is 95.1. The second-order valence-electron chi connectivity index (χ2n) is 4.17. The molecular formula is C10H20. The van der Waals surface area contributed by atoms with Gasteiger partial charge >= 0.3 is 0 Å². The summed E-state index contributed by atoms with van der Waals surface area (Å²) in [5.41, 5.74) is 0.453. The third kappa shape index (κ3) is 4.60. The van der Waals surface area contributed by atoms with Gasteiger partial charge in [-0.05, 0) is 24.2 Å². The van der Waals surface area contributed by atoms with E-state index in [1.165, 1.54) is 12.8 Å². The van der Waals surface area contributed by atoms with E-state index >= 15 is 0 Å². The summed E-state index contributed by atoms with van der Waals surface area (Å²) in [6.45, 7) is 12.9. The van der Waals surface area contributed by atoms with Crippen LogP contribution < -0.4 is 0 Å². The summed E-state index contributed by atoms with van der Waals surface area (Å²) in [6, 6.07) is 0. The van der Waals surface area contributed by atoms with Gasteiger partial charge in [0.25, 0.3) is 0 Å². The Morgan fingerprint density at radius 1 is 1.40 bits per heavy atom. The molecule has 10 heavy (non-hydrogen) atoms. The quantitative estimate of drug-likeness (QED) is 0.525. The molecule has 0 heterocycles. The van der Waals surface area contributed by atoms with Crippen molar-refractivity contribution in [2.75, 3.05) is 0 Å². The first kappa shape index (κ1) is 9.74. The molecule has 0 fully saturated rings. The molecule has 0 heteroatoms. The number of rotatable bonds is 3. The van der Waals surface area contributed by atoms with E-state index in [9.17, 15) is 0 Å². The third-order valence-corrected chi connectivity index (χ3v) is 1.73. The summed E-state index contributed by atoms with van der Waals surface area (Å²) in [5.74, 6) is 0.708. The van der Waals surface area contributed by atoms with E-state index in [0.717, 1.165) is 0 Å². The van der Waals surface area contributed by atoms with Crippen LogP contribution in [0.1, 0.15) is 40.5 Å². The molecule has 60 valence electrons. The Labute approximate surface area is 65.3 Å². The molecule has 0 N–H and O–H groups in total. The van der Waals surface area contributed by atoms with Gasteiger partial charge in [-0.15, -0.1) is 6.58 Å². The van der Waals surface area contributed by atoms with Crippen LogP contribution >= 0.6 is 0 Å². The van der Waals surface area contributed by atoms with Gasteiger partial charge in [-0.3, -0.25) is 0 Å². The van der Waals surface area contributed by atoms with Gasteiger partial charge in [0.2, 0.25) is 0 Å². The van der Waals surface area contributed by atoms with Gasteiger partial charge in [-0.1, -0.05) is 33.8 Å². The second kappa shape index (κ2) is 3.80. The first-order valence-electron chi connectivity index (χ1n) is 4.12. The Morgan fingerprint density at radius 3 is 2.00 bits per heavy atom. The van der Waals surface area contributed by atoms with Crippen LogP contribution in [0.4, 0.5) is 0 Å². The molecule has 0 aliphatic heterocycles. The average molecular weight is 140 g/mol. The fourth-order valence-electron chi connectivity index (χ4n) is 1.18. The molecular weight excluding hydrogens is 120 g/mol. The smallest absolute Gasteiger partial charge is 0.0234 e. The molecule has 1 unspecified atom stereocenters. The maximum Gasteiger partial charge on any atom is -0.0234 e. The lowest BCUT2D eigenvalue weighted by atomic mass is 9.84. The van der Waals surface area contributed by atoms with Crippen molar-refractivity contribution in [2.24, 2.45) is 11.3 Å². The molecule has 0 bridgehead atoms. The molecule has 0 aromatic rings. The SMILES string of the molecule is C=CC(CC)CC(C)(C)C. The van der Waals surface area contributed by atoms with Crippen molar-refractivity contribution < 1.29 is 0 Å². The van der Waals surface area contributed by atoms with Gasteiger partial charge in [0.15, 0.2) is 0 Å². The molecule has 0 saturated carbocycles. The Kier molecular flexibility index (Phi) is 3.70. The van der Waals surface area contributed by atoms with Crippen LogP contribution in [0.5, 0.6) is 0 Å². The zero-order chi connectivity index (χ0) is 8.20. The monoisotopic (exact) mass is 140 g/mol. The molecule has 1 atom stereocenters. The van der Waals surface area contributed by atoms with Gasteiger partial charge in [-0.2, -0.15) is 0 Å². The molecule has 0 rings (SSSR count). The molecule has 0 aromatic carbocycles. The Balaban J connectivity index is 3.74. The molecule has 0 aliphatic carbocycles. The highest BCUT2D eigenvalue weighted by atomic mass is 14.2. The van der Waals surface area contributed by atoms with Crippen LogP contribution in [0.15, 0.2) is 12.7 Å². The maximum absolute atomic E-state index is 3.82. The molecule has 0 aliphatic rings. The van der Waals surface area contributed by atoms with Crippen molar-refractivity contribution in [3.8, 4) is 0 Å². The largest absolute Gasteiger partial charge is 0.103 e. The summed E-state index contributed by atoms with van der Waals surface area (Å²) in [5, 5.41) is 0. The van der Waals surface area contributed by atoms with E-state index in [1.807, 2.05) is 0 Å². The summed E-state index contributed by atoms with van der Waals surface area (Å²) in [7, 11) is 0. The molecule has 0 aromatic heterocycles. The molecule has 0 spiro atoms. The maximum atomic E-state index is 3.82. The van der Waals surface area contributed by atoms with Crippen LogP contribution in [0, 0.1) is 11.3 Å². The van der Waals surface area contributed by atoms with Gasteiger partial charge in [-0.25, -0.2) is 0 Å². The lowest BCUT2D eigenvalue weighted by Crippen LogP contribution is -2.10. The predicted octanol–water partition coefficient (Wildman–Crippen LogP) is 3.63. The minimum Gasteiger partial charge on any atom is -0.103 e. The summed E-state index contributed by atoms with van der Waals surface area (Å²) < 4.78 is 0. The third-order valence-electron chi connectivity index (χ3n) is 1.73. The number of allylic oxidation sites excluding steroid dienone is 1. The van der Waals surface area contributed by atoms with Gasteiger partial charge in [0.1, 0.15) is 0 Å². The normalized spacial score (nSPS) is 14.8. The van der Waals surface area contributed by atoms with Crippen molar-refractivity contribution in [3.63, 3.8) is 0 Å². The molecule has 0 radical (unpaired) electrons. The van der Waals surface area contributed by atoms with Gasteiger partial charge < -0.3 is 0 Å². The highest BCUT2D eigenvalue weighted by molar-refractivity contribution is 4.81. The summed E-state index contributed by atoms with van der Waals surface area (Å²) >= 11 is 0. The van der Waals surface area contributed by atoms with Crippen LogP contribution in [0.3, 0.4) is 0 Å². The van der Waals surface area contributed by atoms with Crippen LogP contribution in [-0.4, -0.2) is 0 Å². The minimum absolute atomic E-state index is 0.453. The van der Waals surface area contributed by atoms with E-state index in [4.69, 9.17) is 0 Å². The number of hydrogen-bond acceptors (Lipinski definition) is 0. The van der Waals surface area contributed by atoms with Crippen molar-refractivity contribution in [1.82, 2.24) is 0 Å². The van der Waals surface area contributed by atoms with Crippen LogP contribution in [-0.2, 0) is 0 Å².